The zero-order chi connectivity index (χ0) is 21.1. The second-order valence-corrected chi connectivity index (χ2v) is 7.52. The van der Waals surface area contributed by atoms with Gasteiger partial charge in [-0.3, -0.25) is 4.98 Å². The minimum Gasteiger partial charge on any atom is -0.491 e. The Morgan fingerprint density at radius 3 is 2.29 bits per heavy atom. The van der Waals surface area contributed by atoms with Crippen LogP contribution in [0.1, 0.15) is 44.9 Å². The van der Waals surface area contributed by atoms with E-state index in [0.29, 0.717) is 6.42 Å². The summed E-state index contributed by atoms with van der Waals surface area (Å²) in [5.41, 5.74) is 4.19. The average Bonchev–Trinajstić information content (AvgIpc) is 2.58. The lowest BCUT2D eigenvalue weighted by Gasteiger charge is -2.27. The lowest BCUT2D eigenvalue weighted by Crippen LogP contribution is -2.43. The van der Waals surface area contributed by atoms with Crippen LogP contribution in [0, 0.1) is 5.92 Å². The topological polar surface area (TPSA) is 48.1 Å². The first kappa shape index (κ1) is 22.1. The summed E-state index contributed by atoms with van der Waals surface area (Å²) >= 11 is 0. The SMILES string of the molecule is CC(C)CC(C)(N)COc1ccc(-c2ccnc(C(F)F)c2)cc1C(F)(F)F. The molecule has 2 aromatic rings. The number of alkyl halides is 5. The van der Waals surface area contributed by atoms with Crippen LogP contribution in [0.2, 0.25) is 0 Å². The number of benzene rings is 1. The molecule has 1 unspecified atom stereocenters. The van der Waals surface area contributed by atoms with Crippen molar-refractivity contribution in [3.8, 4) is 16.9 Å². The summed E-state index contributed by atoms with van der Waals surface area (Å²) < 4.78 is 71.7. The molecule has 2 rings (SSSR count). The molecule has 154 valence electrons. The van der Waals surface area contributed by atoms with Gasteiger partial charge in [0.15, 0.2) is 0 Å². The van der Waals surface area contributed by atoms with Crippen LogP contribution in [-0.4, -0.2) is 17.1 Å². The lowest BCUT2D eigenvalue weighted by atomic mass is 9.93. The van der Waals surface area contributed by atoms with E-state index in [1.54, 1.807) is 6.92 Å². The zero-order valence-electron chi connectivity index (χ0n) is 15.9. The van der Waals surface area contributed by atoms with Gasteiger partial charge in [0, 0.05) is 11.7 Å². The number of pyridine rings is 1. The van der Waals surface area contributed by atoms with Crippen molar-refractivity contribution < 1.29 is 26.7 Å². The molecule has 0 aliphatic heterocycles. The zero-order valence-corrected chi connectivity index (χ0v) is 15.9. The molecule has 0 fully saturated rings. The Kier molecular flexibility index (Phi) is 6.64. The minimum atomic E-state index is -4.67. The van der Waals surface area contributed by atoms with Crippen LogP contribution >= 0.6 is 0 Å². The summed E-state index contributed by atoms with van der Waals surface area (Å²) in [5.74, 6) is -0.0846. The van der Waals surface area contributed by atoms with Crippen LogP contribution in [0.4, 0.5) is 22.0 Å². The fourth-order valence-electron chi connectivity index (χ4n) is 3.04. The Bertz CT molecular complexity index is 803. The number of hydrogen-bond acceptors (Lipinski definition) is 3. The van der Waals surface area contributed by atoms with E-state index < -0.39 is 29.4 Å². The molecule has 0 bridgehead atoms. The monoisotopic (exact) mass is 402 g/mol. The largest absolute Gasteiger partial charge is 0.491 e. The highest BCUT2D eigenvalue weighted by molar-refractivity contribution is 5.66. The van der Waals surface area contributed by atoms with E-state index >= 15 is 0 Å². The molecular weight excluding hydrogens is 379 g/mol. The maximum Gasteiger partial charge on any atom is 0.419 e. The molecule has 1 heterocycles. The van der Waals surface area contributed by atoms with E-state index in [9.17, 15) is 22.0 Å². The predicted molar refractivity (Wildman–Crippen MR) is 97.2 cm³/mol. The number of nitrogens with zero attached hydrogens (tertiary/aromatic N) is 1. The Morgan fingerprint density at radius 2 is 1.71 bits per heavy atom. The lowest BCUT2D eigenvalue weighted by molar-refractivity contribution is -0.139. The molecule has 0 saturated carbocycles. The van der Waals surface area contributed by atoms with Crippen LogP contribution in [0.3, 0.4) is 0 Å². The smallest absolute Gasteiger partial charge is 0.419 e. The quantitative estimate of drug-likeness (QED) is 0.591. The first-order chi connectivity index (χ1) is 12.9. The van der Waals surface area contributed by atoms with Gasteiger partial charge in [0.05, 0.1) is 5.56 Å². The predicted octanol–water partition coefficient (Wildman–Crippen LogP) is 5.85. The highest BCUT2D eigenvalue weighted by Crippen LogP contribution is 2.39. The van der Waals surface area contributed by atoms with Gasteiger partial charge < -0.3 is 10.5 Å². The Balaban J connectivity index is 2.35. The van der Waals surface area contributed by atoms with Crippen LogP contribution in [0.15, 0.2) is 36.5 Å². The van der Waals surface area contributed by atoms with E-state index in [1.807, 2.05) is 13.8 Å². The summed E-state index contributed by atoms with van der Waals surface area (Å²) in [7, 11) is 0. The van der Waals surface area contributed by atoms with Crippen molar-refractivity contribution >= 4 is 0 Å². The molecule has 0 spiro atoms. The average molecular weight is 402 g/mol. The highest BCUT2D eigenvalue weighted by Gasteiger charge is 2.35. The van der Waals surface area contributed by atoms with Crippen LogP contribution in [-0.2, 0) is 6.18 Å². The van der Waals surface area contributed by atoms with E-state index in [1.165, 1.54) is 18.2 Å². The third-order valence-electron chi connectivity index (χ3n) is 4.05. The molecular formula is C20H23F5N2O. The van der Waals surface area contributed by atoms with E-state index in [-0.39, 0.29) is 29.4 Å². The number of halogens is 5. The molecule has 1 atom stereocenters. The van der Waals surface area contributed by atoms with Crippen molar-refractivity contribution in [2.45, 2.75) is 45.3 Å². The van der Waals surface area contributed by atoms with Gasteiger partial charge in [-0.1, -0.05) is 19.9 Å². The molecule has 28 heavy (non-hydrogen) atoms. The molecule has 2 N–H and O–H groups in total. The third kappa shape index (κ3) is 5.89. The maximum absolute atomic E-state index is 13.5. The number of rotatable bonds is 7. The first-order valence-electron chi connectivity index (χ1n) is 8.76. The fraction of sp³-hybridized carbons (Fsp3) is 0.450. The maximum atomic E-state index is 13.5. The molecule has 0 aliphatic rings. The van der Waals surface area contributed by atoms with Crippen molar-refractivity contribution in [3.05, 3.63) is 47.8 Å². The molecule has 0 amide bonds. The van der Waals surface area contributed by atoms with Crippen LogP contribution in [0.5, 0.6) is 5.75 Å². The Morgan fingerprint density at radius 1 is 1.07 bits per heavy atom. The number of aromatic nitrogens is 1. The van der Waals surface area contributed by atoms with Gasteiger partial charge in [-0.05, 0) is 54.7 Å². The molecule has 0 aliphatic carbocycles. The number of nitrogens with two attached hydrogens (primary N) is 1. The molecule has 8 heteroatoms. The second-order valence-electron chi connectivity index (χ2n) is 7.52. The molecule has 0 radical (unpaired) electrons. The van der Waals surface area contributed by atoms with E-state index in [4.69, 9.17) is 10.5 Å². The summed E-state index contributed by atoms with van der Waals surface area (Å²) in [6.07, 6.45) is -5.76. The van der Waals surface area contributed by atoms with Crippen molar-refractivity contribution in [1.29, 1.82) is 0 Å². The third-order valence-corrected chi connectivity index (χ3v) is 4.05. The highest BCUT2D eigenvalue weighted by atomic mass is 19.4. The van der Waals surface area contributed by atoms with E-state index in [2.05, 4.69) is 4.98 Å². The van der Waals surface area contributed by atoms with Gasteiger partial charge in [-0.2, -0.15) is 13.2 Å². The summed E-state index contributed by atoms with van der Waals surface area (Å²) in [6.45, 7) is 5.56. The van der Waals surface area contributed by atoms with Gasteiger partial charge in [0.1, 0.15) is 18.1 Å². The van der Waals surface area contributed by atoms with Gasteiger partial charge in [-0.25, -0.2) is 8.78 Å². The molecule has 1 aromatic heterocycles. The number of ether oxygens (including phenoxy) is 1. The van der Waals surface area contributed by atoms with Crippen molar-refractivity contribution in [2.75, 3.05) is 6.61 Å². The normalized spacial score (nSPS) is 14.4. The van der Waals surface area contributed by atoms with Crippen molar-refractivity contribution in [2.24, 2.45) is 11.7 Å². The summed E-state index contributed by atoms with van der Waals surface area (Å²) in [6, 6.07) is 5.91. The van der Waals surface area contributed by atoms with Gasteiger partial charge in [0.25, 0.3) is 6.43 Å². The van der Waals surface area contributed by atoms with Crippen LogP contribution in [0.25, 0.3) is 11.1 Å². The van der Waals surface area contributed by atoms with Gasteiger partial charge >= 0.3 is 6.18 Å². The van der Waals surface area contributed by atoms with Crippen molar-refractivity contribution in [3.63, 3.8) is 0 Å². The standard InChI is InChI=1S/C20H23F5N2O/c1-12(2)10-19(3,26)11-28-17-5-4-13(8-15(17)20(23,24)25)14-6-7-27-16(9-14)18(21)22/h4-9,12,18H,10-11,26H2,1-3H3. The van der Waals surface area contributed by atoms with Gasteiger partial charge in [0.2, 0.25) is 0 Å². The summed E-state index contributed by atoms with van der Waals surface area (Å²) in [4.78, 5) is 3.52. The first-order valence-corrected chi connectivity index (χ1v) is 8.76. The summed E-state index contributed by atoms with van der Waals surface area (Å²) in [5, 5.41) is 0. The Labute approximate surface area is 160 Å². The minimum absolute atomic E-state index is 0.0849. The fourth-order valence-corrected chi connectivity index (χ4v) is 3.04. The molecule has 1 aromatic carbocycles. The number of hydrogen-bond donors (Lipinski definition) is 1. The molecule has 3 nitrogen and oxygen atoms in total. The molecule has 0 saturated heterocycles. The van der Waals surface area contributed by atoms with E-state index in [0.717, 1.165) is 18.3 Å². The second kappa shape index (κ2) is 8.43. The Hall–Kier alpha value is -2.22. The van der Waals surface area contributed by atoms with Gasteiger partial charge in [-0.15, -0.1) is 0 Å². The van der Waals surface area contributed by atoms with Crippen LogP contribution < -0.4 is 10.5 Å². The van der Waals surface area contributed by atoms with Crippen molar-refractivity contribution in [1.82, 2.24) is 4.98 Å².